The maximum Gasteiger partial charge on any atom is 0.134 e. The van der Waals surface area contributed by atoms with E-state index >= 15 is 0 Å². The van der Waals surface area contributed by atoms with Crippen molar-refractivity contribution < 1.29 is 4.74 Å². The van der Waals surface area contributed by atoms with E-state index in [-0.39, 0.29) is 0 Å². The van der Waals surface area contributed by atoms with E-state index in [0.29, 0.717) is 0 Å². The van der Waals surface area contributed by atoms with Crippen LogP contribution in [0.5, 0.6) is 5.75 Å². The molecule has 0 aliphatic carbocycles. The second-order valence-electron chi connectivity index (χ2n) is 6.60. The zero-order valence-electron chi connectivity index (χ0n) is 14.8. The Kier molecular flexibility index (Phi) is 4.59. The molecule has 0 unspecified atom stereocenters. The van der Waals surface area contributed by atoms with Gasteiger partial charge in [-0.15, -0.1) is 0 Å². The molecule has 132 valence electrons. The molecule has 0 radical (unpaired) electrons. The number of rotatable bonds is 4. The number of hydrogen-bond donors (Lipinski definition) is 0. The average Bonchev–Trinajstić information content (AvgIpc) is 3.23. The summed E-state index contributed by atoms with van der Waals surface area (Å²) in [5, 5.41) is 0. The second kappa shape index (κ2) is 7.17. The Balaban J connectivity index is 1.42. The van der Waals surface area contributed by atoms with Crippen LogP contribution in [0.15, 0.2) is 36.7 Å². The van der Waals surface area contributed by atoms with Gasteiger partial charge in [-0.1, -0.05) is 6.07 Å². The van der Waals surface area contributed by atoms with Crippen molar-refractivity contribution in [3.05, 3.63) is 36.7 Å². The van der Waals surface area contributed by atoms with Crippen LogP contribution < -0.4 is 19.4 Å². The molecule has 0 spiro atoms. The average molecular weight is 339 g/mol. The Labute approximate surface area is 149 Å². The van der Waals surface area contributed by atoms with Crippen molar-refractivity contribution in [2.45, 2.75) is 12.8 Å². The number of piperazine rings is 1. The van der Waals surface area contributed by atoms with Gasteiger partial charge in [-0.05, 0) is 25.0 Å². The molecule has 0 amide bonds. The maximum absolute atomic E-state index is 5.34. The third-order valence-corrected chi connectivity index (χ3v) is 5.09. The monoisotopic (exact) mass is 339 g/mol. The summed E-state index contributed by atoms with van der Waals surface area (Å²) >= 11 is 0. The van der Waals surface area contributed by atoms with Gasteiger partial charge in [0.2, 0.25) is 0 Å². The van der Waals surface area contributed by atoms with Crippen LogP contribution in [0.3, 0.4) is 0 Å². The molecule has 25 heavy (non-hydrogen) atoms. The number of ether oxygens (including phenoxy) is 1. The van der Waals surface area contributed by atoms with Gasteiger partial charge in [-0.2, -0.15) is 0 Å². The Morgan fingerprint density at radius 2 is 1.44 bits per heavy atom. The zero-order valence-corrected chi connectivity index (χ0v) is 14.8. The Morgan fingerprint density at radius 3 is 2.12 bits per heavy atom. The van der Waals surface area contributed by atoms with Gasteiger partial charge >= 0.3 is 0 Å². The van der Waals surface area contributed by atoms with Crippen LogP contribution in [0.2, 0.25) is 0 Å². The minimum absolute atomic E-state index is 0.908. The van der Waals surface area contributed by atoms with Crippen molar-refractivity contribution in [1.29, 1.82) is 0 Å². The first kappa shape index (κ1) is 16.0. The molecular weight excluding hydrogens is 314 g/mol. The van der Waals surface area contributed by atoms with Crippen LogP contribution in [0.1, 0.15) is 12.8 Å². The van der Waals surface area contributed by atoms with Gasteiger partial charge < -0.3 is 19.4 Å². The quantitative estimate of drug-likeness (QED) is 0.852. The molecule has 6 nitrogen and oxygen atoms in total. The number of nitrogens with zero attached hydrogens (tertiary/aromatic N) is 5. The standard InChI is InChI=1S/C19H25N5O/c1-25-17-6-4-5-16(13-17)22-9-11-24(12-10-22)19-14-18(20-15-21-19)23-7-2-3-8-23/h4-6,13-15H,2-3,7-12H2,1H3. The van der Waals surface area contributed by atoms with Gasteiger partial charge in [-0.3, -0.25) is 0 Å². The number of anilines is 3. The number of aromatic nitrogens is 2. The van der Waals surface area contributed by atoms with E-state index < -0.39 is 0 Å². The maximum atomic E-state index is 5.34. The van der Waals surface area contributed by atoms with E-state index in [9.17, 15) is 0 Å². The highest BCUT2D eigenvalue weighted by Crippen LogP contribution is 2.25. The molecule has 2 fully saturated rings. The van der Waals surface area contributed by atoms with Crippen molar-refractivity contribution in [2.24, 2.45) is 0 Å². The van der Waals surface area contributed by atoms with E-state index in [0.717, 1.165) is 56.7 Å². The van der Waals surface area contributed by atoms with E-state index in [1.807, 2.05) is 12.1 Å². The first-order chi connectivity index (χ1) is 12.3. The molecule has 2 aliphatic heterocycles. The highest BCUT2D eigenvalue weighted by molar-refractivity contribution is 5.54. The zero-order chi connectivity index (χ0) is 17.1. The molecule has 3 heterocycles. The molecule has 0 N–H and O–H groups in total. The molecular formula is C19H25N5O. The summed E-state index contributed by atoms with van der Waals surface area (Å²) in [5.74, 6) is 3.02. The van der Waals surface area contributed by atoms with Crippen molar-refractivity contribution in [2.75, 3.05) is 61.1 Å². The van der Waals surface area contributed by atoms with Crippen LogP contribution in [-0.4, -0.2) is 56.3 Å². The van der Waals surface area contributed by atoms with Gasteiger partial charge in [0.05, 0.1) is 7.11 Å². The minimum atomic E-state index is 0.908. The summed E-state index contributed by atoms with van der Waals surface area (Å²) < 4.78 is 5.34. The fraction of sp³-hybridized carbons (Fsp3) is 0.474. The molecule has 2 aliphatic rings. The molecule has 1 aromatic heterocycles. The summed E-state index contributed by atoms with van der Waals surface area (Å²) in [7, 11) is 1.71. The second-order valence-corrected chi connectivity index (χ2v) is 6.60. The molecule has 1 aromatic carbocycles. The smallest absolute Gasteiger partial charge is 0.134 e. The summed E-state index contributed by atoms with van der Waals surface area (Å²) in [6.07, 6.45) is 4.23. The molecule has 0 bridgehead atoms. The highest BCUT2D eigenvalue weighted by Gasteiger charge is 2.20. The Bertz CT molecular complexity index is 708. The van der Waals surface area contributed by atoms with Crippen LogP contribution >= 0.6 is 0 Å². The summed E-state index contributed by atoms with van der Waals surface area (Å²) in [5.41, 5.74) is 1.22. The van der Waals surface area contributed by atoms with Crippen molar-refractivity contribution in [1.82, 2.24) is 9.97 Å². The van der Waals surface area contributed by atoms with Crippen LogP contribution in [0, 0.1) is 0 Å². The normalized spacial score (nSPS) is 17.9. The molecule has 6 heteroatoms. The van der Waals surface area contributed by atoms with Crippen molar-refractivity contribution in [3.8, 4) is 5.75 Å². The van der Waals surface area contributed by atoms with Crippen LogP contribution in [0.25, 0.3) is 0 Å². The van der Waals surface area contributed by atoms with Gasteiger partial charge in [0.25, 0.3) is 0 Å². The lowest BCUT2D eigenvalue weighted by Crippen LogP contribution is -2.46. The van der Waals surface area contributed by atoms with E-state index in [4.69, 9.17) is 4.74 Å². The lowest BCUT2D eigenvalue weighted by molar-refractivity contribution is 0.414. The molecule has 2 saturated heterocycles. The van der Waals surface area contributed by atoms with E-state index in [1.165, 1.54) is 18.5 Å². The number of methoxy groups -OCH3 is 1. The van der Waals surface area contributed by atoms with Crippen molar-refractivity contribution >= 4 is 17.3 Å². The van der Waals surface area contributed by atoms with Crippen LogP contribution in [0.4, 0.5) is 17.3 Å². The van der Waals surface area contributed by atoms with Gasteiger partial charge in [0.1, 0.15) is 23.7 Å². The molecule has 2 aromatic rings. The molecule has 0 atom stereocenters. The van der Waals surface area contributed by atoms with Gasteiger partial charge in [0, 0.05) is 57.1 Å². The SMILES string of the molecule is COc1cccc(N2CCN(c3cc(N4CCCC4)ncn3)CC2)c1. The summed E-state index contributed by atoms with van der Waals surface area (Å²) in [6, 6.07) is 10.4. The molecule has 4 rings (SSSR count). The predicted molar refractivity (Wildman–Crippen MR) is 101 cm³/mol. The number of hydrogen-bond acceptors (Lipinski definition) is 6. The van der Waals surface area contributed by atoms with E-state index in [2.05, 4.69) is 42.9 Å². The fourth-order valence-corrected chi connectivity index (χ4v) is 3.63. The lowest BCUT2D eigenvalue weighted by atomic mass is 10.2. The topological polar surface area (TPSA) is 44.7 Å². The third kappa shape index (κ3) is 3.48. The minimum Gasteiger partial charge on any atom is -0.497 e. The lowest BCUT2D eigenvalue weighted by Gasteiger charge is -2.37. The Morgan fingerprint density at radius 1 is 0.800 bits per heavy atom. The van der Waals surface area contributed by atoms with Crippen molar-refractivity contribution in [3.63, 3.8) is 0 Å². The summed E-state index contributed by atoms with van der Waals surface area (Å²) in [6.45, 7) is 6.12. The first-order valence-electron chi connectivity index (χ1n) is 9.04. The fourth-order valence-electron chi connectivity index (χ4n) is 3.63. The largest absolute Gasteiger partial charge is 0.497 e. The first-order valence-corrected chi connectivity index (χ1v) is 9.04. The summed E-state index contributed by atoms with van der Waals surface area (Å²) in [4.78, 5) is 16.1. The third-order valence-electron chi connectivity index (χ3n) is 5.09. The van der Waals surface area contributed by atoms with Gasteiger partial charge in [0.15, 0.2) is 0 Å². The number of benzene rings is 1. The highest BCUT2D eigenvalue weighted by atomic mass is 16.5. The van der Waals surface area contributed by atoms with Crippen LogP contribution in [-0.2, 0) is 0 Å². The van der Waals surface area contributed by atoms with Gasteiger partial charge in [-0.25, -0.2) is 9.97 Å². The Hall–Kier alpha value is -2.50. The predicted octanol–water partition coefficient (Wildman–Crippen LogP) is 2.41. The van der Waals surface area contributed by atoms with E-state index in [1.54, 1.807) is 13.4 Å². The molecule has 0 saturated carbocycles.